The Labute approximate surface area is 142 Å². The summed E-state index contributed by atoms with van der Waals surface area (Å²) in [6.45, 7) is 1.02. The number of anilines is 1. The molecular formula is C13H17N3O6S2. The maximum atomic E-state index is 12.6. The van der Waals surface area contributed by atoms with Gasteiger partial charge in [0.15, 0.2) is 0 Å². The first-order valence-electron chi connectivity index (χ1n) is 7.29. The lowest BCUT2D eigenvalue weighted by atomic mass is 10.3. The summed E-state index contributed by atoms with van der Waals surface area (Å²) >= 11 is 0.746. The van der Waals surface area contributed by atoms with Crippen molar-refractivity contribution < 1.29 is 27.9 Å². The second-order valence-corrected chi connectivity index (χ2v) is 8.89. The van der Waals surface area contributed by atoms with E-state index in [4.69, 9.17) is 10.5 Å². The molecule has 2 fully saturated rings. The van der Waals surface area contributed by atoms with Crippen molar-refractivity contribution in [3.05, 3.63) is 11.6 Å². The maximum Gasteiger partial charge on any atom is 0.256 e. The number of carbonyl (C=O) groups is 2. The Kier molecular flexibility index (Phi) is 4.38. The largest absolute Gasteiger partial charge is 0.380 e. The number of morpholine rings is 1. The fraction of sp³-hybridized carbons (Fsp3) is 0.538. The van der Waals surface area contributed by atoms with Gasteiger partial charge in [-0.25, -0.2) is 8.42 Å². The molecule has 0 atom stereocenters. The average Bonchev–Trinajstić information content (AvgIpc) is 3.15. The van der Waals surface area contributed by atoms with Crippen LogP contribution < -0.4 is 11.1 Å². The van der Waals surface area contributed by atoms with Gasteiger partial charge in [-0.2, -0.15) is 4.31 Å². The lowest BCUT2D eigenvalue weighted by Gasteiger charge is -2.25. The van der Waals surface area contributed by atoms with Crippen LogP contribution in [0.1, 0.15) is 23.2 Å². The molecule has 0 unspecified atom stereocenters. The van der Waals surface area contributed by atoms with Gasteiger partial charge in [-0.05, 0) is 18.9 Å². The number of carbonyl (C=O) groups excluding carboxylic acids is 2. The highest BCUT2D eigenvalue weighted by molar-refractivity contribution is 7.91. The lowest BCUT2D eigenvalue weighted by Crippen LogP contribution is -2.40. The van der Waals surface area contributed by atoms with Crippen LogP contribution in [0.2, 0.25) is 0 Å². The van der Waals surface area contributed by atoms with Crippen molar-refractivity contribution in [1.29, 1.82) is 0 Å². The predicted molar refractivity (Wildman–Crippen MR) is 85.2 cm³/mol. The van der Waals surface area contributed by atoms with Crippen LogP contribution in [0.25, 0.3) is 0 Å². The molecule has 132 valence electrons. The molecule has 0 spiro atoms. The highest BCUT2D eigenvalue weighted by atomic mass is 32.2. The number of ether oxygens (including phenoxy) is 1. The van der Waals surface area contributed by atoms with Gasteiger partial charge in [0.25, 0.3) is 21.8 Å². The zero-order chi connectivity index (χ0) is 17.5. The molecule has 2 amide bonds. The molecule has 0 radical (unpaired) electrons. The normalized spacial score (nSPS) is 20.5. The third-order valence-corrected chi connectivity index (χ3v) is 7.31. The van der Waals surface area contributed by atoms with Crippen LogP contribution in [0.15, 0.2) is 10.3 Å². The first-order valence-corrected chi connectivity index (χ1v) is 9.55. The number of sulfonamides is 1. The molecule has 1 aliphatic heterocycles. The average molecular weight is 375 g/mol. The number of nitrogens with one attached hydrogen (secondary N) is 1. The fourth-order valence-electron chi connectivity index (χ4n) is 2.25. The summed E-state index contributed by atoms with van der Waals surface area (Å²) in [6, 6.07) is 1.16. The number of aliphatic hydroxyl groups is 1. The molecule has 3 rings (SSSR count). The number of primary amides is 1. The van der Waals surface area contributed by atoms with E-state index in [2.05, 4.69) is 5.32 Å². The molecule has 2 heterocycles. The van der Waals surface area contributed by atoms with Crippen molar-refractivity contribution in [1.82, 2.24) is 4.31 Å². The molecule has 24 heavy (non-hydrogen) atoms. The first-order chi connectivity index (χ1) is 11.2. The van der Waals surface area contributed by atoms with E-state index in [9.17, 15) is 23.1 Å². The summed E-state index contributed by atoms with van der Waals surface area (Å²) in [4.78, 5) is 23.5. The van der Waals surface area contributed by atoms with Crippen molar-refractivity contribution in [2.45, 2.75) is 22.7 Å². The minimum absolute atomic E-state index is 0.0275. The van der Waals surface area contributed by atoms with Gasteiger partial charge in [-0.1, -0.05) is 0 Å². The van der Waals surface area contributed by atoms with Gasteiger partial charge < -0.3 is 20.9 Å². The summed E-state index contributed by atoms with van der Waals surface area (Å²) in [7, 11) is -3.80. The molecule has 4 N–H and O–H groups in total. The molecular weight excluding hydrogens is 358 g/mol. The number of nitrogens with two attached hydrogens (primary N) is 1. The third-order valence-electron chi connectivity index (χ3n) is 3.91. The Hall–Kier alpha value is -1.53. The zero-order valence-corrected chi connectivity index (χ0v) is 14.3. The summed E-state index contributed by atoms with van der Waals surface area (Å²) in [5, 5.41) is 12.2. The number of nitrogens with zero attached hydrogens (tertiary/aromatic N) is 1. The van der Waals surface area contributed by atoms with Crippen LogP contribution in [-0.2, 0) is 19.6 Å². The Morgan fingerprint density at radius 1 is 1.33 bits per heavy atom. The van der Waals surface area contributed by atoms with Crippen molar-refractivity contribution in [3.8, 4) is 0 Å². The summed E-state index contributed by atoms with van der Waals surface area (Å²) in [6.07, 6.45) is 0.657. The van der Waals surface area contributed by atoms with Gasteiger partial charge >= 0.3 is 0 Å². The lowest BCUT2D eigenvalue weighted by molar-refractivity contribution is -0.125. The van der Waals surface area contributed by atoms with E-state index in [0.717, 1.165) is 17.4 Å². The second-order valence-electron chi connectivity index (χ2n) is 5.67. The number of rotatable bonds is 5. The second kappa shape index (κ2) is 6.08. The molecule has 1 aromatic heterocycles. The maximum absolute atomic E-state index is 12.6. The molecule has 1 aromatic rings. The number of amides is 2. The summed E-state index contributed by atoms with van der Waals surface area (Å²) in [5.74, 6) is -1.52. The van der Waals surface area contributed by atoms with Gasteiger partial charge in [0.05, 0.1) is 18.8 Å². The highest BCUT2D eigenvalue weighted by Gasteiger charge is 2.48. The standard InChI is InChI=1S/C13H17N3O6S2/c14-10(17)8-7-9(24(20,21)16-3-5-22-6-4-16)23-11(8)15-12(18)13(19)1-2-13/h7,19H,1-6H2,(H2,14,17)(H,15,18). The van der Waals surface area contributed by atoms with E-state index in [1.165, 1.54) is 4.31 Å². The van der Waals surface area contributed by atoms with E-state index in [-0.39, 0.29) is 27.9 Å². The minimum Gasteiger partial charge on any atom is -0.380 e. The Morgan fingerprint density at radius 2 is 1.96 bits per heavy atom. The number of thiophene rings is 1. The minimum atomic E-state index is -3.80. The van der Waals surface area contributed by atoms with Crippen LogP contribution in [0.4, 0.5) is 5.00 Å². The quantitative estimate of drug-likeness (QED) is 0.624. The third kappa shape index (κ3) is 3.17. The van der Waals surface area contributed by atoms with Gasteiger partial charge in [0.2, 0.25) is 0 Å². The first kappa shape index (κ1) is 17.3. The molecule has 0 bridgehead atoms. The van der Waals surface area contributed by atoms with E-state index < -0.39 is 27.4 Å². The molecule has 2 aliphatic rings. The van der Waals surface area contributed by atoms with Crippen molar-refractivity contribution in [2.24, 2.45) is 5.73 Å². The van der Waals surface area contributed by atoms with E-state index in [1.807, 2.05) is 0 Å². The fourth-order valence-corrected chi connectivity index (χ4v) is 5.18. The van der Waals surface area contributed by atoms with Crippen molar-refractivity contribution >= 4 is 38.2 Å². The SMILES string of the molecule is NC(=O)c1cc(S(=O)(=O)N2CCOCC2)sc1NC(=O)C1(O)CC1. The van der Waals surface area contributed by atoms with E-state index in [1.54, 1.807) is 0 Å². The highest BCUT2D eigenvalue weighted by Crippen LogP contribution is 2.38. The van der Waals surface area contributed by atoms with Gasteiger partial charge in [-0.3, -0.25) is 9.59 Å². The Balaban J connectivity index is 1.90. The Morgan fingerprint density at radius 3 is 2.50 bits per heavy atom. The van der Waals surface area contributed by atoms with Crippen molar-refractivity contribution in [3.63, 3.8) is 0 Å². The van der Waals surface area contributed by atoms with Gasteiger partial charge in [0, 0.05) is 13.1 Å². The van der Waals surface area contributed by atoms with Crippen LogP contribution in [-0.4, -0.2) is 61.5 Å². The summed E-state index contributed by atoms with van der Waals surface area (Å²) in [5.41, 5.74) is 3.74. The number of hydrogen-bond donors (Lipinski definition) is 3. The molecule has 1 saturated heterocycles. The smallest absolute Gasteiger partial charge is 0.256 e. The van der Waals surface area contributed by atoms with Crippen LogP contribution >= 0.6 is 11.3 Å². The molecule has 11 heteroatoms. The van der Waals surface area contributed by atoms with Crippen molar-refractivity contribution in [2.75, 3.05) is 31.6 Å². The molecule has 1 saturated carbocycles. The number of hydrogen-bond acceptors (Lipinski definition) is 7. The van der Waals surface area contributed by atoms with E-state index >= 15 is 0 Å². The topological polar surface area (TPSA) is 139 Å². The van der Waals surface area contributed by atoms with Crippen LogP contribution in [0.5, 0.6) is 0 Å². The summed E-state index contributed by atoms with van der Waals surface area (Å²) < 4.78 is 31.6. The Bertz CT molecular complexity index is 778. The zero-order valence-electron chi connectivity index (χ0n) is 12.6. The molecule has 1 aliphatic carbocycles. The van der Waals surface area contributed by atoms with Crippen LogP contribution in [0.3, 0.4) is 0 Å². The molecule has 9 nitrogen and oxygen atoms in total. The van der Waals surface area contributed by atoms with E-state index in [0.29, 0.717) is 26.1 Å². The molecule has 0 aromatic carbocycles. The monoisotopic (exact) mass is 375 g/mol. The van der Waals surface area contributed by atoms with Crippen LogP contribution in [0, 0.1) is 0 Å². The van der Waals surface area contributed by atoms with Gasteiger partial charge in [-0.15, -0.1) is 11.3 Å². The predicted octanol–water partition coefficient (Wildman–Crippen LogP) is -0.669. The van der Waals surface area contributed by atoms with Gasteiger partial charge in [0.1, 0.15) is 14.8 Å².